The molecule has 0 aliphatic heterocycles. The molecule has 1 aromatic rings. The normalized spacial score (nSPS) is 12.6. The van der Waals surface area contributed by atoms with Crippen LogP contribution in [0.15, 0.2) is 0 Å². The molecule has 0 aliphatic rings. The van der Waals surface area contributed by atoms with Gasteiger partial charge in [0.1, 0.15) is 5.69 Å². The average Bonchev–Trinajstić information content (AvgIpc) is 2.51. The fraction of sp³-hybridized carbons (Fsp3) is 0.692. The van der Waals surface area contributed by atoms with E-state index in [1.807, 2.05) is 6.92 Å². The number of nitrogens with one attached hydrogen (secondary N) is 1. The standard InChI is InChI=1S/C13H24N4O2/c1-7-8-9(14)10(17(6)16-8)11(18)15-12(2,3)13(4,5)19/h19H,7,14H2,1-6H3,(H,15,18). The summed E-state index contributed by atoms with van der Waals surface area (Å²) in [4.78, 5) is 12.3. The number of aryl methyl sites for hydroxylation is 2. The lowest BCUT2D eigenvalue weighted by atomic mass is 9.86. The van der Waals surface area contributed by atoms with Gasteiger partial charge in [-0.3, -0.25) is 9.48 Å². The van der Waals surface area contributed by atoms with Gasteiger partial charge in [0.05, 0.1) is 22.5 Å². The Morgan fingerprint density at radius 2 is 1.95 bits per heavy atom. The number of nitrogens with zero attached hydrogens (tertiary/aromatic N) is 2. The van der Waals surface area contributed by atoms with Crippen molar-refractivity contribution < 1.29 is 9.90 Å². The lowest BCUT2D eigenvalue weighted by Gasteiger charge is -2.37. The molecule has 0 bridgehead atoms. The summed E-state index contributed by atoms with van der Waals surface area (Å²) in [6.45, 7) is 8.76. The SMILES string of the molecule is CCc1nn(C)c(C(=O)NC(C)(C)C(C)(C)O)c1N. The van der Waals surface area contributed by atoms with Gasteiger partial charge in [-0.25, -0.2) is 0 Å². The summed E-state index contributed by atoms with van der Waals surface area (Å²) in [5, 5.41) is 17.1. The number of anilines is 1. The zero-order valence-electron chi connectivity index (χ0n) is 12.5. The highest BCUT2D eigenvalue weighted by Crippen LogP contribution is 2.23. The van der Waals surface area contributed by atoms with E-state index in [0.29, 0.717) is 23.5 Å². The molecule has 0 saturated carbocycles. The van der Waals surface area contributed by atoms with E-state index < -0.39 is 11.1 Å². The van der Waals surface area contributed by atoms with Gasteiger partial charge >= 0.3 is 0 Å². The number of aromatic nitrogens is 2. The van der Waals surface area contributed by atoms with Crippen molar-refractivity contribution in [2.45, 2.75) is 52.2 Å². The zero-order chi connectivity index (χ0) is 15.0. The third-order valence-electron chi connectivity index (χ3n) is 3.67. The maximum absolute atomic E-state index is 12.3. The number of amides is 1. The van der Waals surface area contributed by atoms with E-state index in [2.05, 4.69) is 10.4 Å². The van der Waals surface area contributed by atoms with Crippen LogP contribution in [0.25, 0.3) is 0 Å². The molecule has 19 heavy (non-hydrogen) atoms. The fourth-order valence-corrected chi connectivity index (χ4v) is 1.62. The van der Waals surface area contributed by atoms with E-state index in [0.717, 1.165) is 0 Å². The molecule has 108 valence electrons. The highest BCUT2D eigenvalue weighted by Gasteiger charge is 2.37. The van der Waals surface area contributed by atoms with E-state index in [4.69, 9.17) is 5.73 Å². The van der Waals surface area contributed by atoms with Crippen molar-refractivity contribution in [3.8, 4) is 0 Å². The summed E-state index contributed by atoms with van der Waals surface area (Å²) in [7, 11) is 1.68. The third kappa shape index (κ3) is 2.89. The second kappa shape index (κ2) is 4.85. The van der Waals surface area contributed by atoms with Crippen LogP contribution in [0.5, 0.6) is 0 Å². The summed E-state index contributed by atoms with van der Waals surface area (Å²) in [6, 6.07) is 0. The Morgan fingerprint density at radius 1 is 1.42 bits per heavy atom. The molecule has 0 saturated heterocycles. The summed E-state index contributed by atoms with van der Waals surface area (Å²) in [5.41, 5.74) is 5.53. The Morgan fingerprint density at radius 3 is 2.32 bits per heavy atom. The van der Waals surface area contributed by atoms with Crippen molar-refractivity contribution in [3.05, 3.63) is 11.4 Å². The molecule has 6 nitrogen and oxygen atoms in total. The first kappa shape index (κ1) is 15.5. The number of nitrogens with two attached hydrogens (primary N) is 1. The molecule has 0 unspecified atom stereocenters. The first-order valence-corrected chi connectivity index (χ1v) is 6.37. The number of carbonyl (C=O) groups is 1. The van der Waals surface area contributed by atoms with Crippen molar-refractivity contribution in [2.24, 2.45) is 7.05 Å². The van der Waals surface area contributed by atoms with Crippen LogP contribution in [-0.2, 0) is 13.5 Å². The first-order valence-electron chi connectivity index (χ1n) is 6.37. The van der Waals surface area contributed by atoms with Crippen LogP contribution < -0.4 is 11.1 Å². The lowest BCUT2D eigenvalue weighted by molar-refractivity contribution is -0.00309. The van der Waals surface area contributed by atoms with Gasteiger partial charge in [-0.1, -0.05) is 6.92 Å². The van der Waals surface area contributed by atoms with Gasteiger partial charge in [0.25, 0.3) is 5.91 Å². The monoisotopic (exact) mass is 268 g/mol. The number of nitrogen functional groups attached to an aromatic ring is 1. The summed E-state index contributed by atoms with van der Waals surface area (Å²) in [5.74, 6) is -0.334. The molecule has 1 aromatic heterocycles. The summed E-state index contributed by atoms with van der Waals surface area (Å²) >= 11 is 0. The summed E-state index contributed by atoms with van der Waals surface area (Å²) in [6.07, 6.45) is 0.668. The van der Waals surface area contributed by atoms with E-state index in [-0.39, 0.29) is 5.91 Å². The average molecular weight is 268 g/mol. The maximum atomic E-state index is 12.3. The molecule has 0 atom stereocenters. The van der Waals surface area contributed by atoms with Crippen LogP contribution in [0.1, 0.15) is 50.8 Å². The second-order valence-corrected chi connectivity index (χ2v) is 5.82. The molecule has 0 spiro atoms. The number of aliphatic hydroxyl groups is 1. The molecule has 0 fully saturated rings. The van der Waals surface area contributed by atoms with Crippen molar-refractivity contribution >= 4 is 11.6 Å². The topological polar surface area (TPSA) is 93.2 Å². The van der Waals surface area contributed by atoms with Gasteiger partial charge < -0.3 is 16.2 Å². The van der Waals surface area contributed by atoms with E-state index in [1.165, 1.54) is 4.68 Å². The van der Waals surface area contributed by atoms with Crippen molar-refractivity contribution in [3.63, 3.8) is 0 Å². The first-order chi connectivity index (χ1) is 8.51. The van der Waals surface area contributed by atoms with Crippen LogP contribution >= 0.6 is 0 Å². The Labute approximate surface area is 114 Å². The molecule has 0 aromatic carbocycles. The highest BCUT2D eigenvalue weighted by atomic mass is 16.3. The molecule has 6 heteroatoms. The van der Waals surface area contributed by atoms with Crippen molar-refractivity contribution in [2.75, 3.05) is 5.73 Å². The van der Waals surface area contributed by atoms with Crippen LogP contribution in [0.3, 0.4) is 0 Å². The second-order valence-electron chi connectivity index (χ2n) is 5.82. The van der Waals surface area contributed by atoms with Crippen molar-refractivity contribution in [1.29, 1.82) is 0 Å². The number of hydrogen-bond donors (Lipinski definition) is 3. The fourth-order valence-electron chi connectivity index (χ4n) is 1.62. The lowest BCUT2D eigenvalue weighted by Crippen LogP contribution is -2.58. The van der Waals surface area contributed by atoms with Crippen LogP contribution in [-0.4, -0.2) is 31.9 Å². The van der Waals surface area contributed by atoms with Gasteiger partial charge in [0, 0.05) is 7.05 Å². The molecule has 1 rings (SSSR count). The third-order valence-corrected chi connectivity index (χ3v) is 3.67. The molecule has 4 N–H and O–H groups in total. The highest BCUT2D eigenvalue weighted by molar-refractivity contribution is 5.98. The smallest absolute Gasteiger partial charge is 0.272 e. The number of rotatable bonds is 4. The van der Waals surface area contributed by atoms with Crippen LogP contribution in [0, 0.1) is 0 Å². The van der Waals surface area contributed by atoms with Gasteiger partial charge in [-0.05, 0) is 34.1 Å². The van der Waals surface area contributed by atoms with Gasteiger partial charge in [0.2, 0.25) is 0 Å². The van der Waals surface area contributed by atoms with Gasteiger partial charge in [0.15, 0.2) is 0 Å². The Bertz CT molecular complexity index is 484. The molecular formula is C13H24N4O2. The zero-order valence-corrected chi connectivity index (χ0v) is 12.5. The number of carbonyl (C=O) groups excluding carboxylic acids is 1. The van der Waals surface area contributed by atoms with E-state index in [9.17, 15) is 9.90 Å². The molecule has 1 heterocycles. The largest absolute Gasteiger partial charge is 0.395 e. The Balaban J connectivity index is 3.06. The molecular weight excluding hydrogens is 244 g/mol. The molecule has 1 amide bonds. The Hall–Kier alpha value is -1.56. The molecule has 0 radical (unpaired) electrons. The summed E-state index contributed by atoms with van der Waals surface area (Å²) < 4.78 is 1.48. The van der Waals surface area contributed by atoms with Crippen LogP contribution in [0.2, 0.25) is 0 Å². The van der Waals surface area contributed by atoms with E-state index in [1.54, 1.807) is 34.7 Å². The van der Waals surface area contributed by atoms with Gasteiger partial charge in [-0.15, -0.1) is 0 Å². The van der Waals surface area contributed by atoms with E-state index >= 15 is 0 Å². The van der Waals surface area contributed by atoms with Crippen LogP contribution in [0.4, 0.5) is 5.69 Å². The maximum Gasteiger partial charge on any atom is 0.272 e. The van der Waals surface area contributed by atoms with Gasteiger partial charge in [-0.2, -0.15) is 5.10 Å². The predicted molar refractivity (Wildman–Crippen MR) is 74.8 cm³/mol. The number of hydrogen-bond acceptors (Lipinski definition) is 4. The van der Waals surface area contributed by atoms with Crippen molar-refractivity contribution in [1.82, 2.24) is 15.1 Å². The predicted octanol–water partition coefficient (Wildman–Crippen LogP) is 0.844. The minimum absolute atomic E-state index is 0.328. The molecule has 0 aliphatic carbocycles. The minimum Gasteiger partial charge on any atom is -0.395 e. The quantitative estimate of drug-likeness (QED) is 0.754. The minimum atomic E-state index is -1.05. The Kier molecular flexibility index (Phi) is 3.95.